The van der Waals surface area contributed by atoms with E-state index in [4.69, 9.17) is 0 Å². The third kappa shape index (κ3) is 3.71. The summed E-state index contributed by atoms with van der Waals surface area (Å²) < 4.78 is 0. The highest BCUT2D eigenvalue weighted by Crippen LogP contribution is 2.50. The first-order valence-corrected chi connectivity index (χ1v) is 13.2. The van der Waals surface area contributed by atoms with Gasteiger partial charge in [0.05, 0.1) is 18.0 Å². The zero-order chi connectivity index (χ0) is 24.7. The van der Waals surface area contributed by atoms with Gasteiger partial charge in [0, 0.05) is 16.8 Å². The molecule has 0 heterocycles. The molecule has 0 aliphatic heterocycles. The van der Waals surface area contributed by atoms with Gasteiger partial charge in [0.15, 0.2) is 0 Å². The van der Waals surface area contributed by atoms with Crippen LogP contribution in [0.3, 0.4) is 0 Å². The number of hydrogen-bond donors (Lipinski definition) is 0. The maximum absolute atomic E-state index is 10.1. The Kier molecular flexibility index (Phi) is 5.65. The van der Waals surface area contributed by atoms with Gasteiger partial charge >= 0.3 is 0 Å². The zero-order valence-electron chi connectivity index (χ0n) is 21.1. The molecular formula is C34H32N2. The van der Waals surface area contributed by atoms with Crippen molar-refractivity contribution in [1.82, 2.24) is 0 Å². The molecule has 0 amide bonds. The van der Waals surface area contributed by atoms with Crippen LogP contribution < -0.4 is 4.90 Å². The lowest BCUT2D eigenvalue weighted by Gasteiger charge is -2.39. The minimum Gasteiger partial charge on any atom is -0.337 e. The highest BCUT2D eigenvalue weighted by Gasteiger charge is 2.37. The molecule has 2 atom stereocenters. The fraction of sp³-hybridized carbons (Fsp3) is 0.265. The number of hydrogen-bond acceptors (Lipinski definition) is 2. The molecule has 0 bridgehead atoms. The van der Waals surface area contributed by atoms with Crippen LogP contribution >= 0.6 is 0 Å². The van der Waals surface area contributed by atoms with Crippen LogP contribution in [0.2, 0.25) is 0 Å². The topological polar surface area (TPSA) is 27.0 Å². The molecule has 6 rings (SSSR count). The lowest BCUT2D eigenvalue weighted by atomic mass is 9.81. The first kappa shape index (κ1) is 22.6. The second kappa shape index (κ2) is 8.99. The van der Waals surface area contributed by atoms with Gasteiger partial charge in [-0.05, 0) is 70.5 Å². The van der Waals surface area contributed by atoms with E-state index < -0.39 is 0 Å². The lowest BCUT2D eigenvalue weighted by Crippen LogP contribution is -2.39. The molecule has 0 radical (unpaired) electrons. The molecule has 2 unspecified atom stereocenters. The molecular weight excluding hydrogens is 436 g/mol. The van der Waals surface area contributed by atoms with Crippen LogP contribution in [0.15, 0.2) is 97.1 Å². The smallest absolute Gasteiger partial charge is 0.0677 e. The molecule has 2 heteroatoms. The van der Waals surface area contributed by atoms with Gasteiger partial charge in [-0.25, -0.2) is 0 Å². The van der Waals surface area contributed by atoms with Crippen molar-refractivity contribution < 1.29 is 0 Å². The van der Waals surface area contributed by atoms with Crippen molar-refractivity contribution in [2.75, 3.05) is 4.90 Å². The van der Waals surface area contributed by atoms with Gasteiger partial charge in [0.2, 0.25) is 0 Å². The van der Waals surface area contributed by atoms with Crippen molar-refractivity contribution >= 4 is 11.4 Å². The molecule has 2 aliphatic rings. The average Bonchev–Trinajstić information content (AvgIpc) is 3.16. The third-order valence-corrected chi connectivity index (χ3v) is 8.32. The van der Waals surface area contributed by atoms with E-state index in [1.165, 1.54) is 45.5 Å². The molecule has 2 aliphatic carbocycles. The highest BCUT2D eigenvalue weighted by molar-refractivity contribution is 5.83. The SMILES string of the molecule is CC1(C)c2ccccc2-c2ccc(N(c3ccc(-c4ccccc4)cc3)C3CCCCC3C#N)cc21. The fourth-order valence-corrected chi connectivity index (χ4v) is 6.39. The Morgan fingerprint density at radius 1 is 0.694 bits per heavy atom. The number of nitrogens with zero attached hydrogens (tertiary/aromatic N) is 2. The van der Waals surface area contributed by atoms with E-state index in [0.717, 1.165) is 24.9 Å². The van der Waals surface area contributed by atoms with Gasteiger partial charge in [-0.15, -0.1) is 0 Å². The summed E-state index contributed by atoms with van der Waals surface area (Å²) in [4.78, 5) is 2.46. The maximum Gasteiger partial charge on any atom is 0.0677 e. The minimum atomic E-state index is -0.0496. The number of benzene rings is 4. The van der Waals surface area contributed by atoms with Crippen molar-refractivity contribution in [2.24, 2.45) is 5.92 Å². The van der Waals surface area contributed by atoms with E-state index in [1.54, 1.807) is 0 Å². The van der Waals surface area contributed by atoms with Crippen LogP contribution in [0.1, 0.15) is 50.7 Å². The summed E-state index contributed by atoms with van der Waals surface area (Å²) in [6.07, 6.45) is 4.33. The first-order valence-electron chi connectivity index (χ1n) is 13.2. The molecule has 0 aromatic heterocycles. The van der Waals surface area contributed by atoms with Crippen molar-refractivity contribution in [3.8, 4) is 28.3 Å². The van der Waals surface area contributed by atoms with Gasteiger partial charge in [0.1, 0.15) is 0 Å². The Morgan fingerprint density at radius 2 is 1.33 bits per heavy atom. The van der Waals surface area contributed by atoms with E-state index in [-0.39, 0.29) is 17.4 Å². The molecule has 4 aromatic rings. The Hall–Kier alpha value is -3.83. The maximum atomic E-state index is 10.1. The summed E-state index contributed by atoms with van der Waals surface area (Å²) in [6, 6.07) is 38.0. The van der Waals surface area contributed by atoms with Crippen LogP contribution in [0, 0.1) is 17.2 Å². The Labute approximate surface area is 214 Å². The summed E-state index contributed by atoms with van der Waals surface area (Å²) in [5, 5.41) is 10.1. The molecule has 4 aromatic carbocycles. The molecule has 0 spiro atoms. The van der Waals surface area contributed by atoms with E-state index in [0.29, 0.717) is 0 Å². The molecule has 1 fully saturated rings. The van der Waals surface area contributed by atoms with Gasteiger partial charge in [-0.3, -0.25) is 0 Å². The van der Waals surface area contributed by atoms with Gasteiger partial charge < -0.3 is 4.90 Å². The number of anilines is 2. The zero-order valence-corrected chi connectivity index (χ0v) is 21.1. The third-order valence-electron chi connectivity index (χ3n) is 8.32. The fourth-order valence-electron chi connectivity index (χ4n) is 6.39. The van der Waals surface area contributed by atoms with E-state index in [2.05, 4.69) is 122 Å². The quantitative estimate of drug-likeness (QED) is 0.299. The predicted molar refractivity (Wildman–Crippen MR) is 149 cm³/mol. The summed E-state index contributed by atoms with van der Waals surface area (Å²) in [7, 11) is 0. The standard InChI is InChI=1S/C34H32N2/c1-34(2)31-14-8-7-13-29(31)30-21-20-28(22-32(30)34)36(33-15-9-6-12-26(33)23-35)27-18-16-25(17-19-27)24-10-4-3-5-11-24/h3-5,7-8,10-11,13-14,16-22,26,33H,6,9,12,15H2,1-2H3. The second-order valence-electron chi connectivity index (χ2n) is 10.8. The van der Waals surface area contributed by atoms with Crippen molar-refractivity contribution in [2.45, 2.75) is 51.0 Å². The normalized spacial score (nSPS) is 19.7. The van der Waals surface area contributed by atoms with E-state index in [1.807, 2.05) is 0 Å². The molecule has 0 saturated heterocycles. The van der Waals surface area contributed by atoms with Crippen molar-refractivity contribution in [3.63, 3.8) is 0 Å². The summed E-state index contributed by atoms with van der Waals surface area (Å²) >= 11 is 0. The molecule has 1 saturated carbocycles. The summed E-state index contributed by atoms with van der Waals surface area (Å²) in [6.45, 7) is 4.66. The summed E-state index contributed by atoms with van der Waals surface area (Å²) in [5.74, 6) is 0.0333. The van der Waals surface area contributed by atoms with Crippen LogP contribution in [0.5, 0.6) is 0 Å². The number of nitriles is 1. The molecule has 178 valence electrons. The van der Waals surface area contributed by atoms with Gasteiger partial charge in [-0.2, -0.15) is 5.26 Å². The van der Waals surface area contributed by atoms with Crippen molar-refractivity contribution in [3.05, 3.63) is 108 Å². The Balaban J connectivity index is 1.46. The van der Waals surface area contributed by atoms with E-state index >= 15 is 0 Å². The van der Waals surface area contributed by atoms with Gasteiger partial charge in [0.25, 0.3) is 0 Å². The van der Waals surface area contributed by atoms with Crippen molar-refractivity contribution in [1.29, 1.82) is 5.26 Å². The van der Waals surface area contributed by atoms with E-state index in [9.17, 15) is 5.26 Å². The summed E-state index contributed by atoms with van der Waals surface area (Å²) in [5.41, 5.74) is 10.2. The van der Waals surface area contributed by atoms with Crippen LogP contribution in [-0.4, -0.2) is 6.04 Å². The Morgan fingerprint density at radius 3 is 2.11 bits per heavy atom. The van der Waals surface area contributed by atoms with Gasteiger partial charge in [-0.1, -0.05) is 99.5 Å². The van der Waals surface area contributed by atoms with Crippen LogP contribution in [0.4, 0.5) is 11.4 Å². The number of fused-ring (bicyclic) bond motifs is 3. The lowest BCUT2D eigenvalue weighted by molar-refractivity contribution is 0.365. The first-order chi connectivity index (χ1) is 17.6. The monoisotopic (exact) mass is 468 g/mol. The second-order valence-corrected chi connectivity index (χ2v) is 10.8. The van der Waals surface area contributed by atoms with Crippen LogP contribution in [-0.2, 0) is 5.41 Å². The molecule has 2 nitrogen and oxygen atoms in total. The molecule has 0 N–H and O–H groups in total. The highest BCUT2D eigenvalue weighted by atomic mass is 15.2. The Bertz CT molecular complexity index is 1430. The minimum absolute atomic E-state index is 0.0333. The largest absolute Gasteiger partial charge is 0.337 e. The number of rotatable bonds is 4. The molecule has 36 heavy (non-hydrogen) atoms. The van der Waals surface area contributed by atoms with Crippen LogP contribution in [0.25, 0.3) is 22.3 Å². The predicted octanol–water partition coefficient (Wildman–Crippen LogP) is 8.88. The average molecular weight is 469 g/mol.